The van der Waals surface area contributed by atoms with Crippen LogP contribution < -0.4 is 10.6 Å². The first-order valence-corrected chi connectivity index (χ1v) is 12.0. The van der Waals surface area contributed by atoms with Crippen molar-refractivity contribution in [2.45, 2.75) is 13.8 Å². The van der Waals surface area contributed by atoms with E-state index < -0.39 is 5.91 Å². The Morgan fingerprint density at radius 2 is 1.73 bits per heavy atom. The Bertz CT molecular complexity index is 1680. The van der Waals surface area contributed by atoms with E-state index in [0.29, 0.717) is 22.6 Å². The maximum atomic E-state index is 13.2. The fourth-order valence-electron chi connectivity index (χ4n) is 4.04. The number of nitriles is 1. The zero-order valence-electron chi connectivity index (χ0n) is 20.2. The number of pyridine rings is 2. The third kappa shape index (κ3) is 4.99. The van der Waals surface area contributed by atoms with Gasteiger partial charge in [0.2, 0.25) is 0 Å². The van der Waals surface area contributed by atoms with Crippen LogP contribution in [0.15, 0.2) is 85.1 Å². The Hall–Kier alpha value is -4.73. The maximum absolute atomic E-state index is 13.2. The second-order valence-electron chi connectivity index (χ2n) is 8.69. The van der Waals surface area contributed by atoms with Crippen LogP contribution in [-0.4, -0.2) is 15.9 Å². The lowest BCUT2D eigenvalue weighted by molar-refractivity contribution is 0.102. The average molecular weight is 504 g/mol. The van der Waals surface area contributed by atoms with Gasteiger partial charge in [0.1, 0.15) is 17.5 Å². The summed E-state index contributed by atoms with van der Waals surface area (Å²) in [6, 6.07) is 26.6. The lowest BCUT2D eigenvalue weighted by atomic mass is 10.0. The fourth-order valence-corrected chi connectivity index (χ4v) is 4.32. The van der Waals surface area contributed by atoms with Gasteiger partial charge in [0.25, 0.3) is 5.91 Å². The number of hydrogen-bond donors (Lipinski definition) is 2. The number of halogens is 1. The smallest absolute Gasteiger partial charge is 0.275 e. The van der Waals surface area contributed by atoms with Gasteiger partial charge < -0.3 is 10.6 Å². The summed E-state index contributed by atoms with van der Waals surface area (Å²) in [4.78, 5) is 22.1. The number of benzene rings is 3. The molecule has 0 radical (unpaired) electrons. The molecule has 0 bridgehead atoms. The van der Waals surface area contributed by atoms with Gasteiger partial charge in [0.05, 0.1) is 16.2 Å². The topological polar surface area (TPSA) is 90.7 Å². The highest BCUT2D eigenvalue weighted by Crippen LogP contribution is 2.38. The molecule has 7 heteroatoms. The fraction of sp³-hybridized carbons (Fsp3) is 0.0667. The molecule has 0 saturated heterocycles. The van der Waals surface area contributed by atoms with E-state index in [0.717, 1.165) is 33.3 Å². The van der Waals surface area contributed by atoms with Crippen molar-refractivity contribution < 1.29 is 4.79 Å². The number of anilines is 3. The van der Waals surface area contributed by atoms with Crippen LogP contribution in [0.4, 0.5) is 17.1 Å². The van der Waals surface area contributed by atoms with Gasteiger partial charge in [0, 0.05) is 28.5 Å². The molecule has 5 aromatic rings. The lowest BCUT2D eigenvalue weighted by Gasteiger charge is -2.17. The number of nitrogens with one attached hydrogen (secondary N) is 2. The molecule has 2 N–H and O–H groups in total. The van der Waals surface area contributed by atoms with Gasteiger partial charge in [-0.3, -0.25) is 4.79 Å². The van der Waals surface area contributed by atoms with Crippen LogP contribution >= 0.6 is 11.6 Å². The molecule has 37 heavy (non-hydrogen) atoms. The molecular formula is C30H22ClN5O. The Balaban J connectivity index is 1.66. The predicted molar refractivity (Wildman–Crippen MR) is 148 cm³/mol. The van der Waals surface area contributed by atoms with Crippen LogP contribution in [0.2, 0.25) is 5.02 Å². The molecule has 180 valence electrons. The first kappa shape index (κ1) is 24.0. The minimum Gasteiger partial charge on any atom is -0.353 e. The molecule has 0 fully saturated rings. The molecule has 5 rings (SSSR count). The minimum absolute atomic E-state index is 0.124. The van der Waals surface area contributed by atoms with Crippen molar-refractivity contribution in [1.82, 2.24) is 9.97 Å². The Labute approximate surface area is 219 Å². The number of carbonyl (C=O) groups is 1. The zero-order valence-corrected chi connectivity index (χ0v) is 21.0. The number of aryl methyl sites for hydroxylation is 2. The summed E-state index contributed by atoms with van der Waals surface area (Å²) in [5.41, 5.74) is 7.06. The van der Waals surface area contributed by atoms with Crippen molar-refractivity contribution in [2.75, 3.05) is 10.6 Å². The summed E-state index contributed by atoms with van der Waals surface area (Å²) in [6.45, 7) is 4.03. The summed E-state index contributed by atoms with van der Waals surface area (Å²) in [5.74, 6) is -0.400. The van der Waals surface area contributed by atoms with Crippen LogP contribution in [0.5, 0.6) is 0 Å². The van der Waals surface area contributed by atoms with E-state index in [1.165, 1.54) is 0 Å². The van der Waals surface area contributed by atoms with E-state index in [2.05, 4.69) is 20.6 Å². The third-order valence-corrected chi connectivity index (χ3v) is 6.40. The Kier molecular flexibility index (Phi) is 6.55. The number of aromatic nitrogens is 2. The van der Waals surface area contributed by atoms with Crippen molar-refractivity contribution in [2.24, 2.45) is 0 Å². The van der Waals surface area contributed by atoms with Gasteiger partial charge in [-0.1, -0.05) is 48.0 Å². The summed E-state index contributed by atoms with van der Waals surface area (Å²) >= 11 is 6.89. The molecule has 0 atom stereocenters. The second kappa shape index (κ2) is 10.1. The van der Waals surface area contributed by atoms with E-state index in [-0.39, 0.29) is 10.7 Å². The largest absolute Gasteiger partial charge is 0.353 e. The number of para-hydroxylation sites is 1. The summed E-state index contributed by atoms with van der Waals surface area (Å²) in [6.07, 6.45) is 1.66. The van der Waals surface area contributed by atoms with E-state index in [1.54, 1.807) is 24.4 Å². The van der Waals surface area contributed by atoms with Crippen molar-refractivity contribution in [3.63, 3.8) is 0 Å². The molecule has 1 amide bonds. The Morgan fingerprint density at radius 1 is 0.946 bits per heavy atom. The highest BCUT2D eigenvalue weighted by Gasteiger charge is 2.21. The SMILES string of the molecule is Cc1ccc(C)c(Nc2c(Cl)c(C(=O)Nc3ccccc3)nc3ccc(-c4ccc(C#N)nc4)cc23)c1. The number of rotatable bonds is 5. The van der Waals surface area contributed by atoms with Crippen LogP contribution in [0.25, 0.3) is 22.0 Å². The average Bonchev–Trinajstić information content (AvgIpc) is 2.92. The summed E-state index contributed by atoms with van der Waals surface area (Å²) < 4.78 is 0. The predicted octanol–water partition coefficient (Wildman–Crippen LogP) is 7.43. The monoisotopic (exact) mass is 503 g/mol. The van der Waals surface area contributed by atoms with Gasteiger partial charge in [-0.05, 0) is 73.0 Å². The van der Waals surface area contributed by atoms with Gasteiger partial charge in [-0.2, -0.15) is 5.26 Å². The van der Waals surface area contributed by atoms with E-state index >= 15 is 0 Å². The third-order valence-electron chi connectivity index (χ3n) is 6.04. The molecule has 0 unspecified atom stereocenters. The summed E-state index contributed by atoms with van der Waals surface area (Å²) in [5, 5.41) is 16.4. The standard InChI is InChI=1S/C30H22ClN5O/c1-18-8-9-19(2)26(14-18)36-28-24-15-20(21-10-12-23(16-32)33-17-21)11-13-25(24)35-29(27(28)31)30(37)34-22-6-4-3-5-7-22/h3-15,17H,1-2H3,(H,34,37)(H,35,36). The second-order valence-corrected chi connectivity index (χ2v) is 9.07. The molecule has 0 aliphatic carbocycles. The van der Waals surface area contributed by atoms with Crippen LogP contribution in [-0.2, 0) is 0 Å². The minimum atomic E-state index is -0.400. The lowest BCUT2D eigenvalue weighted by Crippen LogP contribution is -2.15. The van der Waals surface area contributed by atoms with Crippen molar-refractivity contribution in [1.29, 1.82) is 5.26 Å². The van der Waals surface area contributed by atoms with Crippen LogP contribution in [0, 0.1) is 25.2 Å². The van der Waals surface area contributed by atoms with E-state index in [9.17, 15) is 4.79 Å². The van der Waals surface area contributed by atoms with Gasteiger partial charge in [-0.25, -0.2) is 9.97 Å². The van der Waals surface area contributed by atoms with Gasteiger partial charge in [-0.15, -0.1) is 0 Å². The van der Waals surface area contributed by atoms with Crippen molar-refractivity contribution in [3.05, 3.63) is 113 Å². The number of fused-ring (bicyclic) bond motifs is 1. The highest BCUT2D eigenvalue weighted by atomic mass is 35.5. The molecule has 0 aliphatic heterocycles. The number of amides is 1. The van der Waals surface area contributed by atoms with Gasteiger partial charge in [0.15, 0.2) is 0 Å². The molecule has 0 aliphatic rings. The van der Waals surface area contributed by atoms with Crippen molar-refractivity contribution >= 4 is 45.5 Å². The molecule has 6 nitrogen and oxygen atoms in total. The number of nitrogens with zero attached hydrogens (tertiary/aromatic N) is 3. The first-order valence-electron chi connectivity index (χ1n) is 11.6. The molecule has 0 saturated carbocycles. The number of hydrogen-bond acceptors (Lipinski definition) is 5. The Morgan fingerprint density at radius 3 is 2.46 bits per heavy atom. The molecule has 2 aromatic heterocycles. The quantitative estimate of drug-likeness (QED) is 0.260. The van der Waals surface area contributed by atoms with Crippen LogP contribution in [0.1, 0.15) is 27.3 Å². The van der Waals surface area contributed by atoms with E-state index in [4.69, 9.17) is 16.9 Å². The highest BCUT2D eigenvalue weighted by molar-refractivity contribution is 6.38. The summed E-state index contributed by atoms with van der Waals surface area (Å²) in [7, 11) is 0. The first-order chi connectivity index (χ1) is 17.9. The molecule has 0 spiro atoms. The van der Waals surface area contributed by atoms with Gasteiger partial charge >= 0.3 is 0 Å². The maximum Gasteiger partial charge on any atom is 0.275 e. The van der Waals surface area contributed by atoms with Crippen LogP contribution in [0.3, 0.4) is 0 Å². The van der Waals surface area contributed by atoms with Crippen molar-refractivity contribution in [3.8, 4) is 17.2 Å². The van der Waals surface area contributed by atoms with E-state index in [1.807, 2.05) is 80.6 Å². The normalized spacial score (nSPS) is 10.6. The molecule has 3 aromatic carbocycles. The zero-order chi connectivity index (χ0) is 25.9. The molecule has 2 heterocycles. The molecular weight excluding hydrogens is 482 g/mol. The number of carbonyl (C=O) groups excluding carboxylic acids is 1.